The van der Waals surface area contributed by atoms with Crippen molar-refractivity contribution in [2.45, 2.75) is 64.3 Å². The van der Waals surface area contributed by atoms with Gasteiger partial charge in [-0.1, -0.05) is 37.4 Å². The molecule has 2 atom stereocenters. The van der Waals surface area contributed by atoms with Crippen LogP contribution >= 0.6 is 11.3 Å². The number of hydrogen-bond donors (Lipinski definition) is 0. The molecule has 1 saturated heterocycles. The van der Waals surface area contributed by atoms with E-state index in [9.17, 15) is 4.79 Å². The molecule has 1 aliphatic heterocycles. The van der Waals surface area contributed by atoms with Crippen LogP contribution in [0.3, 0.4) is 0 Å². The number of hydrogen-bond acceptors (Lipinski definition) is 8. The van der Waals surface area contributed by atoms with Gasteiger partial charge in [0.25, 0.3) is 0 Å². The summed E-state index contributed by atoms with van der Waals surface area (Å²) in [7, 11) is -0.657. The van der Waals surface area contributed by atoms with E-state index < -0.39 is 8.80 Å². The molecule has 0 N–H and O–H groups in total. The Morgan fingerprint density at radius 1 is 1.15 bits per heavy atom. The molecule has 11 heteroatoms. The van der Waals surface area contributed by atoms with Crippen LogP contribution in [0.25, 0.3) is 16.0 Å². The predicted molar refractivity (Wildman–Crippen MR) is 160 cm³/mol. The molecule has 5 rings (SSSR count). The van der Waals surface area contributed by atoms with Gasteiger partial charge < -0.3 is 18.9 Å². The van der Waals surface area contributed by atoms with Crippen LogP contribution in [0.1, 0.15) is 43.4 Å². The lowest BCUT2D eigenvalue weighted by molar-refractivity contribution is -0.165. The Morgan fingerprint density at radius 3 is 2.83 bits per heavy atom. The smallest absolute Gasteiger partial charge is 0.310 e. The summed E-state index contributed by atoms with van der Waals surface area (Å²) in [6, 6.07) is 13.1. The molecule has 1 fully saturated rings. The summed E-state index contributed by atoms with van der Waals surface area (Å²) in [6.07, 6.45) is 6.70. The second-order valence-corrected chi connectivity index (χ2v) is 14.9. The second-order valence-electron chi connectivity index (χ2n) is 10.5. The number of rotatable bonds is 13. The Labute approximate surface area is 240 Å². The van der Waals surface area contributed by atoms with E-state index in [0.717, 1.165) is 53.4 Å². The SMILES string of the molecule is CC(c1ccc2c(c1)sc(=O)n2COCC[SiH](C)C)c1ccn(-c2ccc(OCCOC3CCCCO3)cn2)n1. The summed E-state index contributed by atoms with van der Waals surface area (Å²) in [6.45, 7) is 9.43. The Kier molecular flexibility index (Phi) is 9.82. The Balaban J connectivity index is 1.17. The Hall–Kier alpha value is -2.83. The summed E-state index contributed by atoms with van der Waals surface area (Å²) in [5.74, 6) is 1.45. The van der Waals surface area contributed by atoms with Gasteiger partial charge in [-0.15, -0.1) is 0 Å². The molecule has 0 spiro atoms. The molecule has 1 aliphatic rings. The molecule has 3 aromatic heterocycles. The second kappa shape index (κ2) is 13.7. The minimum absolute atomic E-state index is 0.00939. The van der Waals surface area contributed by atoms with Gasteiger partial charge in [0.05, 0.1) is 28.7 Å². The molecule has 4 heterocycles. The van der Waals surface area contributed by atoms with Crippen molar-refractivity contribution in [2.24, 2.45) is 0 Å². The van der Waals surface area contributed by atoms with Gasteiger partial charge in [0.15, 0.2) is 12.1 Å². The van der Waals surface area contributed by atoms with Crippen LogP contribution in [-0.2, 0) is 20.9 Å². The standard InChI is InChI=1S/C29H38N4O5SSi/c1-21(22-7-9-25-26(18-22)39-29(34)32(25)20-35-16-17-40(2)3)24-11-12-33(31-24)27-10-8-23(19-30-27)36-14-15-38-28-6-4-5-13-37-28/h7-12,18-19,21,28,40H,4-6,13-17,20H2,1-3H3. The highest BCUT2D eigenvalue weighted by Gasteiger charge is 2.16. The van der Waals surface area contributed by atoms with Gasteiger partial charge in [0.1, 0.15) is 19.1 Å². The van der Waals surface area contributed by atoms with Gasteiger partial charge in [0.2, 0.25) is 0 Å². The molecule has 214 valence electrons. The van der Waals surface area contributed by atoms with Crippen LogP contribution in [-0.4, -0.2) is 60.8 Å². The lowest BCUT2D eigenvalue weighted by atomic mass is 9.98. The van der Waals surface area contributed by atoms with Crippen LogP contribution in [0.4, 0.5) is 0 Å². The topological polar surface area (TPSA) is 89.6 Å². The average molecular weight is 583 g/mol. The van der Waals surface area contributed by atoms with Crippen molar-refractivity contribution in [2.75, 3.05) is 26.4 Å². The first-order valence-corrected chi connectivity index (χ1v) is 18.0. The quantitative estimate of drug-likeness (QED) is 0.159. The molecular weight excluding hydrogens is 544 g/mol. The largest absolute Gasteiger partial charge is 0.490 e. The fraction of sp³-hybridized carbons (Fsp3) is 0.483. The van der Waals surface area contributed by atoms with Crippen molar-refractivity contribution >= 4 is 30.4 Å². The van der Waals surface area contributed by atoms with E-state index in [1.165, 1.54) is 11.3 Å². The highest BCUT2D eigenvalue weighted by molar-refractivity contribution is 7.16. The number of ether oxygens (including phenoxy) is 4. The van der Waals surface area contributed by atoms with Crippen LogP contribution in [0.2, 0.25) is 19.1 Å². The molecule has 0 bridgehead atoms. The minimum Gasteiger partial charge on any atom is -0.490 e. The first-order chi connectivity index (χ1) is 19.5. The Morgan fingerprint density at radius 2 is 2.05 bits per heavy atom. The number of nitrogens with zero attached hydrogens (tertiary/aromatic N) is 4. The summed E-state index contributed by atoms with van der Waals surface area (Å²) in [5.41, 5.74) is 2.95. The van der Waals surface area contributed by atoms with Crippen LogP contribution < -0.4 is 9.61 Å². The van der Waals surface area contributed by atoms with E-state index in [2.05, 4.69) is 37.1 Å². The molecule has 1 aromatic carbocycles. The van der Waals surface area contributed by atoms with E-state index in [-0.39, 0.29) is 17.1 Å². The van der Waals surface area contributed by atoms with Crippen molar-refractivity contribution in [1.82, 2.24) is 19.3 Å². The molecule has 0 aliphatic carbocycles. The van der Waals surface area contributed by atoms with E-state index >= 15 is 0 Å². The number of pyridine rings is 1. The highest BCUT2D eigenvalue weighted by Crippen LogP contribution is 2.28. The van der Waals surface area contributed by atoms with Gasteiger partial charge in [-0.25, -0.2) is 9.67 Å². The predicted octanol–water partition coefficient (Wildman–Crippen LogP) is 5.18. The molecule has 2 unspecified atom stereocenters. The van der Waals surface area contributed by atoms with Crippen molar-refractivity contribution in [3.63, 3.8) is 0 Å². The Bertz CT molecular complexity index is 1430. The van der Waals surface area contributed by atoms with Gasteiger partial charge in [0, 0.05) is 34.1 Å². The zero-order valence-corrected chi connectivity index (χ0v) is 25.4. The van der Waals surface area contributed by atoms with E-state index in [1.54, 1.807) is 15.4 Å². The van der Waals surface area contributed by atoms with Gasteiger partial charge in [-0.05, 0) is 61.2 Å². The lowest BCUT2D eigenvalue weighted by Crippen LogP contribution is -2.24. The van der Waals surface area contributed by atoms with Crippen LogP contribution in [0.5, 0.6) is 5.75 Å². The van der Waals surface area contributed by atoms with Crippen molar-refractivity contribution in [1.29, 1.82) is 0 Å². The summed E-state index contributed by atoms with van der Waals surface area (Å²) >= 11 is 1.26. The number of aromatic nitrogens is 4. The van der Waals surface area contributed by atoms with Gasteiger partial charge in [-0.3, -0.25) is 9.36 Å². The third-order valence-corrected chi connectivity index (χ3v) is 9.39. The lowest BCUT2D eigenvalue weighted by Gasteiger charge is -2.22. The molecule has 9 nitrogen and oxygen atoms in total. The molecule has 0 saturated carbocycles. The maximum Gasteiger partial charge on any atom is 0.310 e. The first kappa shape index (κ1) is 28.7. The molecule has 4 aromatic rings. The third kappa shape index (κ3) is 7.27. The molecule has 40 heavy (non-hydrogen) atoms. The van der Waals surface area contributed by atoms with E-state index in [4.69, 9.17) is 24.0 Å². The maximum atomic E-state index is 12.6. The van der Waals surface area contributed by atoms with Crippen LogP contribution in [0.15, 0.2) is 53.6 Å². The fourth-order valence-electron chi connectivity index (χ4n) is 4.59. The van der Waals surface area contributed by atoms with Crippen LogP contribution in [0, 0.1) is 0 Å². The number of fused-ring (bicyclic) bond motifs is 1. The summed E-state index contributed by atoms with van der Waals surface area (Å²) in [5, 5.41) is 4.78. The summed E-state index contributed by atoms with van der Waals surface area (Å²) in [4.78, 5) is 17.1. The van der Waals surface area contributed by atoms with Crippen molar-refractivity contribution in [3.05, 3.63) is 69.7 Å². The van der Waals surface area contributed by atoms with Gasteiger partial charge >= 0.3 is 4.87 Å². The normalized spacial score (nSPS) is 16.6. The maximum absolute atomic E-state index is 12.6. The van der Waals surface area contributed by atoms with Gasteiger partial charge in [-0.2, -0.15) is 5.10 Å². The first-order valence-electron chi connectivity index (χ1n) is 14.1. The van der Waals surface area contributed by atoms with Crippen molar-refractivity contribution in [3.8, 4) is 11.6 Å². The zero-order chi connectivity index (χ0) is 27.9. The van der Waals surface area contributed by atoms with Crippen molar-refractivity contribution < 1.29 is 18.9 Å². The zero-order valence-electron chi connectivity index (χ0n) is 23.5. The van der Waals surface area contributed by atoms with E-state index in [0.29, 0.717) is 38.1 Å². The fourth-order valence-corrected chi connectivity index (χ4v) is 6.16. The van der Waals surface area contributed by atoms with E-state index in [1.807, 2.05) is 30.5 Å². The molecule has 0 amide bonds. The average Bonchev–Trinajstić information content (AvgIpc) is 3.58. The summed E-state index contributed by atoms with van der Waals surface area (Å²) < 4.78 is 27.3. The monoisotopic (exact) mass is 582 g/mol. The molecular formula is C29H38N4O5SSi. The highest BCUT2D eigenvalue weighted by atomic mass is 32.1. The number of thiazole rings is 1. The number of benzene rings is 1. The third-order valence-electron chi connectivity index (χ3n) is 7.05. The minimum atomic E-state index is -0.657. The molecule has 0 radical (unpaired) electrons.